The van der Waals surface area contributed by atoms with Crippen molar-refractivity contribution in [3.05, 3.63) is 42.5 Å². The van der Waals surface area contributed by atoms with E-state index < -0.39 is 16.6 Å². The van der Waals surface area contributed by atoms with Crippen molar-refractivity contribution in [2.45, 2.75) is 39.3 Å². The van der Waals surface area contributed by atoms with Crippen LogP contribution in [0.3, 0.4) is 0 Å². The molecule has 0 N–H and O–H groups in total. The van der Waals surface area contributed by atoms with Crippen molar-refractivity contribution in [3.8, 4) is 0 Å². The van der Waals surface area contributed by atoms with Crippen molar-refractivity contribution in [1.29, 1.82) is 0 Å². The molecule has 0 bridgehead atoms. The molecule has 0 saturated carbocycles. The second kappa shape index (κ2) is 6.04. The Morgan fingerprint density at radius 2 is 1.32 bits per heavy atom. The minimum atomic E-state index is -1.75. The van der Waals surface area contributed by atoms with E-state index in [0.717, 1.165) is 11.3 Å². The zero-order valence-electron chi connectivity index (χ0n) is 12.9. The summed E-state index contributed by atoms with van der Waals surface area (Å²) in [7, 11) is -3.51. The highest BCUT2D eigenvalue weighted by atomic mass is 28.4. The van der Waals surface area contributed by atoms with Crippen molar-refractivity contribution in [1.82, 2.24) is 5.23 Å². The minimum absolute atomic E-state index is 0.755. The number of rotatable bonds is 6. The maximum atomic E-state index is 6.02. The predicted molar refractivity (Wildman–Crippen MR) is 86.2 cm³/mol. The second-order valence-electron chi connectivity index (χ2n) is 6.48. The highest BCUT2D eigenvalue weighted by Crippen LogP contribution is 2.23. The van der Waals surface area contributed by atoms with Crippen LogP contribution in [0.5, 0.6) is 0 Å². The zero-order valence-corrected chi connectivity index (χ0v) is 14.9. The van der Waals surface area contributed by atoms with E-state index in [-0.39, 0.29) is 0 Å². The van der Waals surface area contributed by atoms with E-state index in [4.69, 9.17) is 9.05 Å². The Bertz CT molecular complexity index is 405. The van der Waals surface area contributed by atoms with Gasteiger partial charge in [0, 0.05) is 5.56 Å². The van der Waals surface area contributed by atoms with Crippen LogP contribution in [0.1, 0.15) is 5.56 Å². The molecule has 106 valence electrons. The Hall–Kier alpha value is -0.886. The molecular formula is C14H25NO2Si2. The van der Waals surface area contributed by atoms with Crippen LogP contribution in [0.2, 0.25) is 39.3 Å². The fourth-order valence-corrected chi connectivity index (χ4v) is 2.73. The molecular weight excluding hydrogens is 270 g/mol. The van der Waals surface area contributed by atoms with E-state index in [0.29, 0.717) is 0 Å². The van der Waals surface area contributed by atoms with Crippen molar-refractivity contribution < 1.29 is 9.05 Å². The zero-order chi connectivity index (χ0) is 14.7. The molecule has 0 aliphatic heterocycles. The third-order valence-electron chi connectivity index (χ3n) is 2.04. The molecule has 0 aromatic heterocycles. The summed E-state index contributed by atoms with van der Waals surface area (Å²) in [5.41, 5.74) is 1.77. The fourth-order valence-electron chi connectivity index (χ4n) is 1.36. The standard InChI is InChI=1S/C14H25NO2Si2/c1-13(14-11-9-8-10-12-14)15(16-18(2,3)4)17-19(5,6)7/h8-12H,1H2,2-7H3. The van der Waals surface area contributed by atoms with Crippen molar-refractivity contribution in [2.75, 3.05) is 0 Å². The van der Waals surface area contributed by atoms with Gasteiger partial charge in [0.05, 0.1) is 5.70 Å². The van der Waals surface area contributed by atoms with E-state index >= 15 is 0 Å². The maximum Gasteiger partial charge on any atom is 0.223 e. The summed E-state index contributed by atoms with van der Waals surface area (Å²) < 4.78 is 12.0. The van der Waals surface area contributed by atoms with Gasteiger partial charge in [-0.1, -0.05) is 36.9 Å². The lowest BCUT2D eigenvalue weighted by Gasteiger charge is -2.35. The third kappa shape index (κ3) is 6.20. The van der Waals surface area contributed by atoms with Crippen molar-refractivity contribution in [2.24, 2.45) is 0 Å². The number of hydrogen-bond donors (Lipinski definition) is 0. The van der Waals surface area contributed by atoms with E-state index in [2.05, 4.69) is 45.9 Å². The van der Waals surface area contributed by atoms with Gasteiger partial charge in [-0.25, -0.2) is 0 Å². The molecule has 0 aliphatic rings. The van der Waals surface area contributed by atoms with Crippen LogP contribution in [0.4, 0.5) is 0 Å². The maximum absolute atomic E-state index is 6.02. The molecule has 0 fully saturated rings. The second-order valence-corrected chi connectivity index (χ2v) is 15.3. The summed E-state index contributed by atoms with van der Waals surface area (Å²) in [6.45, 7) is 16.9. The quantitative estimate of drug-likeness (QED) is 0.570. The molecule has 3 nitrogen and oxygen atoms in total. The number of benzene rings is 1. The fraction of sp³-hybridized carbons (Fsp3) is 0.429. The number of hydroxylamine groups is 2. The summed E-state index contributed by atoms with van der Waals surface area (Å²) in [6.07, 6.45) is 0. The first-order valence-electron chi connectivity index (χ1n) is 6.51. The molecule has 1 aromatic rings. The minimum Gasteiger partial charge on any atom is -0.298 e. The van der Waals surface area contributed by atoms with Crippen LogP contribution in [0.15, 0.2) is 36.9 Å². The molecule has 0 heterocycles. The topological polar surface area (TPSA) is 21.7 Å². The summed E-state index contributed by atoms with van der Waals surface area (Å²) in [4.78, 5) is 0. The van der Waals surface area contributed by atoms with Gasteiger partial charge in [-0.15, -0.1) is 5.23 Å². The Morgan fingerprint density at radius 1 is 0.895 bits per heavy atom. The SMILES string of the molecule is C=C(c1ccccc1)N(O[Si](C)(C)C)O[Si](C)(C)C. The Labute approximate surface area is 119 Å². The van der Waals surface area contributed by atoms with Crippen LogP contribution in [-0.2, 0) is 9.05 Å². The molecule has 1 rings (SSSR count). The molecule has 0 aliphatic carbocycles. The third-order valence-corrected chi connectivity index (χ3v) is 3.47. The molecule has 0 saturated heterocycles. The summed E-state index contributed by atoms with van der Waals surface area (Å²) in [5, 5.41) is 1.55. The molecule has 0 atom stereocenters. The van der Waals surface area contributed by atoms with Crippen LogP contribution in [0, 0.1) is 0 Å². The van der Waals surface area contributed by atoms with Crippen LogP contribution in [-0.4, -0.2) is 21.9 Å². The predicted octanol–water partition coefficient (Wildman–Crippen LogP) is 4.49. The monoisotopic (exact) mass is 295 g/mol. The molecule has 19 heavy (non-hydrogen) atoms. The van der Waals surface area contributed by atoms with Gasteiger partial charge in [0.1, 0.15) is 0 Å². The lowest BCUT2D eigenvalue weighted by Crippen LogP contribution is -2.42. The summed E-state index contributed by atoms with van der Waals surface area (Å²) >= 11 is 0. The Morgan fingerprint density at radius 3 is 1.68 bits per heavy atom. The van der Waals surface area contributed by atoms with Crippen LogP contribution < -0.4 is 0 Å². The highest BCUT2D eigenvalue weighted by Gasteiger charge is 2.27. The first-order chi connectivity index (χ1) is 8.58. The number of nitrogens with zero attached hydrogens (tertiary/aromatic N) is 1. The first-order valence-corrected chi connectivity index (χ1v) is 13.3. The van der Waals surface area contributed by atoms with E-state index in [1.165, 1.54) is 0 Å². The van der Waals surface area contributed by atoms with Gasteiger partial charge in [0.15, 0.2) is 0 Å². The normalized spacial score (nSPS) is 12.3. The molecule has 0 amide bonds. The van der Waals surface area contributed by atoms with E-state index in [1.807, 2.05) is 30.3 Å². The van der Waals surface area contributed by atoms with Crippen LogP contribution >= 0.6 is 0 Å². The lowest BCUT2D eigenvalue weighted by molar-refractivity contribution is -0.219. The van der Waals surface area contributed by atoms with Gasteiger partial charge < -0.3 is 0 Å². The van der Waals surface area contributed by atoms with Crippen molar-refractivity contribution >= 4 is 22.3 Å². The average Bonchev–Trinajstić information content (AvgIpc) is 2.24. The van der Waals surface area contributed by atoms with Gasteiger partial charge in [-0.3, -0.25) is 9.05 Å². The van der Waals surface area contributed by atoms with Gasteiger partial charge in [0.25, 0.3) is 0 Å². The van der Waals surface area contributed by atoms with Gasteiger partial charge in [-0.2, -0.15) is 0 Å². The van der Waals surface area contributed by atoms with Crippen LogP contribution in [0.25, 0.3) is 5.70 Å². The number of hydrogen-bond acceptors (Lipinski definition) is 3. The largest absolute Gasteiger partial charge is 0.298 e. The smallest absolute Gasteiger partial charge is 0.223 e. The highest BCUT2D eigenvalue weighted by molar-refractivity contribution is 6.70. The van der Waals surface area contributed by atoms with Gasteiger partial charge in [0.2, 0.25) is 16.6 Å². The van der Waals surface area contributed by atoms with Gasteiger partial charge >= 0.3 is 0 Å². The average molecular weight is 296 g/mol. The molecule has 0 spiro atoms. The molecule has 0 radical (unpaired) electrons. The summed E-state index contributed by atoms with van der Waals surface area (Å²) in [6, 6.07) is 9.98. The molecule has 1 aromatic carbocycles. The Balaban J connectivity index is 2.93. The van der Waals surface area contributed by atoms with Crippen molar-refractivity contribution in [3.63, 3.8) is 0 Å². The van der Waals surface area contributed by atoms with Gasteiger partial charge in [-0.05, 0) is 39.3 Å². The lowest BCUT2D eigenvalue weighted by atomic mass is 10.2. The van der Waals surface area contributed by atoms with E-state index in [1.54, 1.807) is 5.23 Å². The first kappa shape index (κ1) is 16.2. The summed E-state index contributed by atoms with van der Waals surface area (Å²) in [5.74, 6) is 0. The Kier molecular flexibility index (Phi) is 5.14. The van der Waals surface area contributed by atoms with E-state index in [9.17, 15) is 0 Å². The molecule has 0 unspecified atom stereocenters. The molecule has 5 heteroatoms.